The molecule has 1 aromatic rings. The maximum Gasteiger partial charge on any atom is 0.340 e. The normalized spacial score (nSPS) is 18.4. The van der Waals surface area contributed by atoms with Gasteiger partial charge in [-0.05, 0) is 30.7 Å². The lowest BCUT2D eigenvalue weighted by Gasteiger charge is -2.08. The first-order chi connectivity index (χ1) is 10.5. The topological polar surface area (TPSA) is 65.1 Å². The van der Waals surface area contributed by atoms with E-state index in [1.807, 2.05) is 0 Å². The molecule has 0 saturated carbocycles. The number of esters is 1. The van der Waals surface area contributed by atoms with Gasteiger partial charge in [-0.15, -0.1) is 0 Å². The summed E-state index contributed by atoms with van der Waals surface area (Å²) in [5.41, 5.74) is 1.92. The third-order valence-corrected chi connectivity index (χ3v) is 3.77. The molecule has 1 amide bonds. The molecule has 6 nitrogen and oxygen atoms in total. The summed E-state index contributed by atoms with van der Waals surface area (Å²) in [6.07, 6.45) is 1.66. The lowest BCUT2D eigenvalue weighted by Crippen LogP contribution is -2.19. The minimum atomic E-state index is -0.526. The number of carbonyl (C=O) groups excluding carboxylic acids is 2. The van der Waals surface area contributed by atoms with Crippen molar-refractivity contribution < 1.29 is 23.8 Å². The number of rotatable bonds is 2. The molecule has 2 aliphatic rings. The number of hydrogen-bond donors (Lipinski definition) is 0. The van der Waals surface area contributed by atoms with Crippen molar-refractivity contribution in [1.29, 1.82) is 0 Å². The van der Waals surface area contributed by atoms with Gasteiger partial charge in [0.15, 0.2) is 11.5 Å². The average molecular weight is 301 g/mol. The Hall–Kier alpha value is -2.76. The van der Waals surface area contributed by atoms with Gasteiger partial charge in [0.1, 0.15) is 0 Å². The number of carbonyl (C=O) groups is 2. The number of likely N-dealkylation sites (N-methyl/N-ethyl adjacent to an activating group) is 1. The molecule has 0 spiro atoms. The van der Waals surface area contributed by atoms with Crippen LogP contribution >= 0.6 is 0 Å². The van der Waals surface area contributed by atoms with Crippen LogP contribution in [0.3, 0.4) is 0 Å². The number of benzene rings is 1. The number of amides is 1. The van der Waals surface area contributed by atoms with Crippen molar-refractivity contribution in [3.8, 4) is 11.5 Å². The lowest BCUT2D eigenvalue weighted by atomic mass is 10.0. The molecule has 0 aliphatic carbocycles. The van der Waals surface area contributed by atoms with Crippen LogP contribution in [-0.2, 0) is 14.3 Å². The van der Waals surface area contributed by atoms with Gasteiger partial charge < -0.3 is 19.1 Å². The fourth-order valence-corrected chi connectivity index (χ4v) is 2.47. The highest BCUT2D eigenvalue weighted by Gasteiger charge is 2.34. The SMILES string of the molecule is COC(=O)C1=C(C)N(C)C(=O)/C1=C\c1ccc2c(c1)OCO2. The second-order valence-corrected chi connectivity index (χ2v) is 4.99. The number of allylic oxidation sites excluding steroid dienone is 1. The monoisotopic (exact) mass is 301 g/mol. The Labute approximate surface area is 127 Å². The van der Waals surface area contributed by atoms with Crippen molar-refractivity contribution in [3.05, 3.63) is 40.6 Å². The van der Waals surface area contributed by atoms with E-state index in [1.54, 1.807) is 38.2 Å². The second-order valence-electron chi connectivity index (χ2n) is 4.99. The quantitative estimate of drug-likeness (QED) is 0.614. The van der Waals surface area contributed by atoms with Crippen LogP contribution in [0.4, 0.5) is 0 Å². The van der Waals surface area contributed by atoms with Gasteiger partial charge in [-0.2, -0.15) is 0 Å². The van der Waals surface area contributed by atoms with E-state index in [2.05, 4.69) is 0 Å². The lowest BCUT2D eigenvalue weighted by molar-refractivity contribution is -0.136. The molecular weight excluding hydrogens is 286 g/mol. The van der Waals surface area contributed by atoms with Crippen LogP contribution < -0.4 is 9.47 Å². The third-order valence-electron chi connectivity index (χ3n) is 3.77. The van der Waals surface area contributed by atoms with Crippen molar-refractivity contribution >= 4 is 18.0 Å². The predicted octanol–water partition coefficient (Wildman–Crippen LogP) is 1.72. The zero-order chi connectivity index (χ0) is 15.9. The van der Waals surface area contributed by atoms with Gasteiger partial charge in [-0.1, -0.05) is 6.07 Å². The van der Waals surface area contributed by atoms with Crippen molar-refractivity contribution in [2.75, 3.05) is 21.0 Å². The summed E-state index contributed by atoms with van der Waals surface area (Å²) in [4.78, 5) is 25.7. The Balaban J connectivity index is 2.05. The van der Waals surface area contributed by atoms with E-state index in [0.29, 0.717) is 22.8 Å². The van der Waals surface area contributed by atoms with Crippen LogP contribution in [0.5, 0.6) is 11.5 Å². The highest BCUT2D eigenvalue weighted by atomic mass is 16.7. The smallest absolute Gasteiger partial charge is 0.340 e. The van der Waals surface area contributed by atoms with Gasteiger partial charge in [0.25, 0.3) is 5.91 Å². The van der Waals surface area contributed by atoms with E-state index in [1.165, 1.54) is 12.0 Å². The van der Waals surface area contributed by atoms with Crippen LogP contribution in [0.1, 0.15) is 12.5 Å². The summed E-state index contributed by atoms with van der Waals surface area (Å²) >= 11 is 0. The molecule has 0 N–H and O–H groups in total. The molecule has 0 radical (unpaired) electrons. The maximum absolute atomic E-state index is 12.3. The Bertz CT molecular complexity index is 732. The molecule has 2 aliphatic heterocycles. The van der Waals surface area contributed by atoms with E-state index in [-0.39, 0.29) is 18.3 Å². The van der Waals surface area contributed by atoms with E-state index in [9.17, 15) is 9.59 Å². The Kier molecular flexibility index (Phi) is 3.36. The van der Waals surface area contributed by atoms with Crippen molar-refractivity contribution in [1.82, 2.24) is 4.90 Å². The van der Waals surface area contributed by atoms with Gasteiger partial charge in [-0.25, -0.2) is 4.79 Å². The van der Waals surface area contributed by atoms with Crippen LogP contribution in [0.15, 0.2) is 35.0 Å². The second kappa shape index (κ2) is 5.22. The van der Waals surface area contributed by atoms with E-state index in [4.69, 9.17) is 14.2 Å². The van der Waals surface area contributed by atoms with Crippen LogP contribution in [0, 0.1) is 0 Å². The van der Waals surface area contributed by atoms with Crippen LogP contribution in [-0.4, -0.2) is 37.7 Å². The fraction of sp³-hybridized carbons (Fsp3) is 0.250. The fourth-order valence-electron chi connectivity index (χ4n) is 2.47. The van der Waals surface area contributed by atoms with Gasteiger partial charge in [0.05, 0.1) is 18.3 Å². The average Bonchev–Trinajstić information content (AvgIpc) is 3.06. The van der Waals surface area contributed by atoms with Crippen LogP contribution in [0.25, 0.3) is 6.08 Å². The van der Waals surface area contributed by atoms with Gasteiger partial charge in [0, 0.05) is 12.7 Å². The zero-order valence-electron chi connectivity index (χ0n) is 12.5. The van der Waals surface area contributed by atoms with E-state index < -0.39 is 5.97 Å². The highest BCUT2D eigenvalue weighted by Crippen LogP contribution is 2.35. The molecular formula is C16H15NO5. The first-order valence-corrected chi connectivity index (χ1v) is 6.72. The van der Waals surface area contributed by atoms with Gasteiger partial charge in [0.2, 0.25) is 6.79 Å². The molecule has 0 atom stereocenters. The molecule has 0 unspecified atom stereocenters. The first kappa shape index (κ1) is 14.2. The summed E-state index contributed by atoms with van der Waals surface area (Å²) in [5.74, 6) is 0.517. The number of methoxy groups -OCH3 is 1. The summed E-state index contributed by atoms with van der Waals surface area (Å²) in [6.45, 7) is 1.90. The van der Waals surface area contributed by atoms with Crippen LogP contribution in [0.2, 0.25) is 0 Å². The Morgan fingerprint density at radius 3 is 2.77 bits per heavy atom. The molecule has 0 saturated heterocycles. The van der Waals surface area contributed by atoms with E-state index >= 15 is 0 Å². The zero-order valence-corrected chi connectivity index (χ0v) is 12.5. The molecule has 3 rings (SSSR count). The minimum Gasteiger partial charge on any atom is -0.465 e. The molecule has 0 fully saturated rings. The van der Waals surface area contributed by atoms with Crippen molar-refractivity contribution in [2.24, 2.45) is 0 Å². The molecule has 6 heteroatoms. The minimum absolute atomic E-state index is 0.184. The van der Waals surface area contributed by atoms with Crippen molar-refractivity contribution in [3.63, 3.8) is 0 Å². The summed E-state index contributed by atoms with van der Waals surface area (Å²) < 4.78 is 15.4. The maximum atomic E-state index is 12.3. The molecule has 2 heterocycles. The number of nitrogens with zero attached hydrogens (tertiary/aromatic N) is 1. The number of hydrogen-bond acceptors (Lipinski definition) is 5. The first-order valence-electron chi connectivity index (χ1n) is 6.72. The molecule has 114 valence electrons. The highest BCUT2D eigenvalue weighted by molar-refractivity contribution is 6.16. The van der Waals surface area contributed by atoms with Gasteiger partial charge >= 0.3 is 5.97 Å². The molecule has 22 heavy (non-hydrogen) atoms. The Morgan fingerprint density at radius 1 is 1.32 bits per heavy atom. The molecule has 0 bridgehead atoms. The predicted molar refractivity (Wildman–Crippen MR) is 78.0 cm³/mol. The standard InChI is InChI=1S/C16H15NO5/c1-9-14(16(19)20-3)11(15(18)17(9)2)6-10-4-5-12-13(7-10)22-8-21-12/h4-7H,8H2,1-3H3/b11-6-. The largest absolute Gasteiger partial charge is 0.465 e. The third kappa shape index (κ3) is 2.13. The molecule has 1 aromatic carbocycles. The van der Waals surface area contributed by atoms with Gasteiger partial charge in [-0.3, -0.25) is 4.79 Å². The molecule has 0 aromatic heterocycles. The Morgan fingerprint density at radius 2 is 2.05 bits per heavy atom. The number of fused-ring (bicyclic) bond motifs is 1. The summed E-state index contributed by atoms with van der Waals surface area (Å²) in [5, 5.41) is 0. The number of ether oxygens (including phenoxy) is 3. The summed E-state index contributed by atoms with van der Waals surface area (Å²) in [6, 6.07) is 5.34. The van der Waals surface area contributed by atoms with E-state index in [0.717, 1.165) is 5.56 Å². The van der Waals surface area contributed by atoms with Crippen molar-refractivity contribution in [2.45, 2.75) is 6.92 Å². The summed E-state index contributed by atoms with van der Waals surface area (Å²) in [7, 11) is 2.92.